The molecule has 1 aliphatic heterocycles. The van der Waals surface area contributed by atoms with Crippen molar-refractivity contribution in [3.05, 3.63) is 55.2 Å². The summed E-state index contributed by atoms with van der Waals surface area (Å²) in [6.07, 6.45) is 0. The van der Waals surface area contributed by atoms with E-state index >= 15 is 0 Å². The number of rotatable bonds is 4. The first-order chi connectivity index (χ1) is 12.5. The second-order valence-corrected chi connectivity index (χ2v) is 9.34. The largest absolute Gasteiger partial charge is 0.307 e. The van der Waals surface area contributed by atoms with E-state index in [1.54, 1.807) is 47.0 Å². The van der Waals surface area contributed by atoms with Gasteiger partial charge in [0.25, 0.3) is 11.2 Å². The molecule has 6 nitrogen and oxygen atoms in total. The Hall–Kier alpha value is -1.84. The molecule has 0 N–H and O–H groups in total. The third-order valence-corrected chi connectivity index (χ3v) is 7.92. The fourth-order valence-corrected chi connectivity index (χ4v) is 6.51. The van der Waals surface area contributed by atoms with Crippen molar-refractivity contribution in [2.75, 3.05) is 11.5 Å². The average molecular weight is 406 g/mol. The van der Waals surface area contributed by atoms with E-state index in [4.69, 9.17) is 0 Å². The lowest BCUT2D eigenvalue weighted by Crippen LogP contribution is -2.16. The van der Waals surface area contributed by atoms with Crippen molar-refractivity contribution in [2.24, 2.45) is 0 Å². The predicted octanol–water partition coefficient (Wildman–Crippen LogP) is 4.42. The Labute approximate surface area is 161 Å². The Morgan fingerprint density at radius 2 is 2.08 bits per heavy atom. The van der Waals surface area contributed by atoms with Gasteiger partial charge in [0, 0.05) is 33.4 Å². The second-order valence-electron chi connectivity index (χ2n) is 6.06. The number of thiophene rings is 1. The third-order valence-electron chi connectivity index (χ3n) is 4.46. The number of hydrogen-bond donors (Lipinski definition) is 0. The number of benzene rings is 1. The van der Waals surface area contributed by atoms with E-state index in [1.165, 1.54) is 12.1 Å². The van der Waals surface area contributed by atoms with Gasteiger partial charge in [-0.1, -0.05) is 11.8 Å². The number of hydrogen-bond acceptors (Lipinski definition) is 7. The molecule has 0 spiro atoms. The molecule has 0 bridgehead atoms. The van der Waals surface area contributed by atoms with Crippen LogP contribution in [0.2, 0.25) is 0 Å². The molecule has 1 atom stereocenters. The van der Waals surface area contributed by atoms with Crippen LogP contribution in [-0.4, -0.2) is 26.0 Å². The van der Waals surface area contributed by atoms with Gasteiger partial charge in [-0.3, -0.25) is 14.9 Å². The van der Waals surface area contributed by atoms with E-state index in [2.05, 4.69) is 9.55 Å². The number of thioether (sulfide) groups is 2. The molecule has 134 valence electrons. The van der Waals surface area contributed by atoms with Crippen molar-refractivity contribution < 1.29 is 4.92 Å². The lowest BCUT2D eigenvalue weighted by Gasteiger charge is -2.14. The molecule has 0 aliphatic carbocycles. The number of fused-ring (bicyclic) bond motifs is 3. The highest BCUT2D eigenvalue weighted by atomic mass is 32.2. The van der Waals surface area contributed by atoms with E-state index < -0.39 is 4.92 Å². The third kappa shape index (κ3) is 2.93. The zero-order valence-electron chi connectivity index (χ0n) is 14.1. The number of nitro benzene ring substituents is 1. The number of non-ortho nitro benzene ring substituents is 1. The maximum Gasteiger partial charge on any atom is 0.282 e. The fourth-order valence-electron chi connectivity index (χ4n) is 2.96. The lowest BCUT2D eigenvalue weighted by atomic mass is 10.2. The summed E-state index contributed by atoms with van der Waals surface area (Å²) in [6, 6.07) is 6.86. The van der Waals surface area contributed by atoms with Gasteiger partial charge in [0.2, 0.25) is 0 Å². The maximum absolute atomic E-state index is 12.4. The van der Waals surface area contributed by atoms with E-state index in [0.717, 1.165) is 42.2 Å². The Morgan fingerprint density at radius 3 is 2.77 bits per heavy atom. The summed E-state index contributed by atoms with van der Waals surface area (Å²) in [5, 5.41) is 12.3. The standard InChI is InChI=1S/C17H15N3O3S3/c1-9-10(2)26-16-14(9)15(21)18-17-19(16)12(8-25-17)7-24-13-5-3-11(4-6-13)20(22)23/h3-6,12H,7-8H2,1-2H3. The number of aromatic nitrogens is 2. The van der Waals surface area contributed by atoms with Crippen molar-refractivity contribution in [1.82, 2.24) is 9.55 Å². The minimum atomic E-state index is -0.390. The smallest absolute Gasteiger partial charge is 0.282 e. The van der Waals surface area contributed by atoms with Gasteiger partial charge < -0.3 is 4.57 Å². The highest BCUT2D eigenvalue weighted by molar-refractivity contribution is 8.00. The van der Waals surface area contributed by atoms with Crippen molar-refractivity contribution in [1.29, 1.82) is 0 Å². The Balaban J connectivity index is 1.62. The molecule has 4 rings (SSSR count). The Kier molecular flexibility index (Phi) is 4.54. The van der Waals surface area contributed by atoms with Crippen LogP contribution in [0, 0.1) is 24.0 Å². The molecule has 0 amide bonds. The molecule has 3 aromatic rings. The first-order valence-electron chi connectivity index (χ1n) is 7.98. The summed E-state index contributed by atoms with van der Waals surface area (Å²) in [7, 11) is 0. The zero-order chi connectivity index (χ0) is 18.4. The molecule has 1 unspecified atom stereocenters. The molecule has 1 aromatic carbocycles. The number of nitro groups is 1. The first-order valence-corrected chi connectivity index (χ1v) is 10.8. The number of nitrogens with zero attached hydrogens (tertiary/aromatic N) is 3. The van der Waals surface area contributed by atoms with Gasteiger partial charge in [-0.25, -0.2) is 0 Å². The minimum Gasteiger partial charge on any atom is -0.307 e. The summed E-state index contributed by atoms with van der Waals surface area (Å²) in [5.41, 5.74) is 0.990. The van der Waals surface area contributed by atoms with Crippen LogP contribution in [0.5, 0.6) is 0 Å². The van der Waals surface area contributed by atoms with Crippen molar-refractivity contribution in [3.63, 3.8) is 0 Å². The van der Waals surface area contributed by atoms with Gasteiger partial charge in [0.1, 0.15) is 4.83 Å². The van der Waals surface area contributed by atoms with Crippen LogP contribution in [0.25, 0.3) is 10.2 Å². The summed E-state index contributed by atoms with van der Waals surface area (Å²) in [6.45, 7) is 4.02. The monoisotopic (exact) mass is 405 g/mol. The number of aryl methyl sites for hydroxylation is 2. The molecule has 0 fully saturated rings. The van der Waals surface area contributed by atoms with Crippen molar-refractivity contribution >= 4 is 50.8 Å². The van der Waals surface area contributed by atoms with Gasteiger partial charge in [-0.05, 0) is 31.5 Å². The summed E-state index contributed by atoms with van der Waals surface area (Å²) < 4.78 is 2.20. The molecule has 3 heterocycles. The lowest BCUT2D eigenvalue weighted by molar-refractivity contribution is -0.384. The normalized spacial score (nSPS) is 16.2. The highest BCUT2D eigenvalue weighted by Gasteiger charge is 2.28. The van der Waals surface area contributed by atoms with Crippen molar-refractivity contribution in [2.45, 2.75) is 29.9 Å². The molecule has 2 aromatic heterocycles. The summed E-state index contributed by atoms with van der Waals surface area (Å²) in [5.74, 6) is 1.70. The molecular formula is C17H15N3O3S3. The molecule has 0 radical (unpaired) electrons. The van der Waals surface area contributed by atoms with Crippen LogP contribution >= 0.6 is 34.9 Å². The van der Waals surface area contributed by atoms with Crippen LogP contribution in [0.1, 0.15) is 16.5 Å². The van der Waals surface area contributed by atoms with Gasteiger partial charge in [-0.15, -0.1) is 23.1 Å². The van der Waals surface area contributed by atoms with Gasteiger partial charge in [-0.2, -0.15) is 4.98 Å². The van der Waals surface area contributed by atoms with Crippen molar-refractivity contribution in [3.8, 4) is 0 Å². The topological polar surface area (TPSA) is 78.0 Å². The van der Waals surface area contributed by atoms with Crippen LogP contribution in [-0.2, 0) is 0 Å². The van der Waals surface area contributed by atoms with Gasteiger partial charge in [0.15, 0.2) is 5.16 Å². The fraction of sp³-hybridized carbons (Fsp3) is 0.294. The average Bonchev–Trinajstić information content (AvgIpc) is 3.15. The predicted molar refractivity (Wildman–Crippen MR) is 107 cm³/mol. The van der Waals surface area contributed by atoms with E-state index in [9.17, 15) is 14.9 Å². The van der Waals surface area contributed by atoms with E-state index in [1.807, 2.05) is 13.8 Å². The molecular weight excluding hydrogens is 390 g/mol. The van der Waals surface area contributed by atoms with E-state index in [-0.39, 0.29) is 17.3 Å². The van der Waals surface area contributed by atoms with Crippen LogP contribution in [0.3, 0.4) is 0 Å². The van der Waals surface area contributed by atoms with Crippen LogP contribution in [0.15, 0.2) is 39.1 Å². The summed E-state index contributed by atoms with van der Waals surface area (Å²) >= 11 is 4.94. The highest BCUT2D eigenvalue weighted by Crippen LogP contribution is 2.40. The minimum absolute atomic E-state index is 0.101. The Morgan fingerprint density at radius 1 is 1.35 bits per heavy atom. The molecule has 0 saturated heterocycles. The van der Waals surface area contributed by atoms with E-state index in [0.29, 0.717) is 0 Å². The maximum atomic E-state index is 12.4. The van der Waals surface area contributed by atoms with Crippen LogP contribution in [0.4, 0.5) is 5.69 Å². The molecule has 0 saturated carbocycles. The van der Waals surface area contributed by atoms with Gasteiger partial charge in [0.05, 0.1) is 16.4 Å². The molecule has 9 heteroatoms. The first kappa shape index (κ1) is 17.6. The summed E-state index contributed by atoms with van der Waals surface area (Å²) in [4.78, 5) is 30.2. The molecule has 26 heavy (non-hydrogen) atoms. The SMILES string of the molecule is Cc1sc2c(c1C)c(=O)nc1n2C(CSc2ccc([N+](=O)[O-])cc2)CS1. The molecule has 1 aliphatic rings. The second kappa shape index (κ2) is 6.71. The quantitative estimate of drug-likeness (QED) is 0.277. The Bertz CT molecular complexity index is 1070. The van der Waals surface area contributed by atoms with Gasteiger partial charge >= 0.3 is 0 Å². The van der Waals surface area contributed by atoms with Crippen LogP contribution < -0.4 is 5.56 Å². The zero-order valence-corrected chi connectivity index (χ0v) is 16.5.